The van der Waals surface area contributed by atoms with E-state index in [4.69, 9.17) is 8.92 Å². The van der Waals surface area contributed by atoms with Crippen LogP contribution < -0.4 is 9.50 Å². The standard InChI is InChI=1S/C14H19NO6S/c1-10(16)15-9-12(14(17)20-2)8-11-4-6-13(7-5-11)21-22(3,18)19/h4-7,12H,8-9H2,1-3H3,(H,15,16). The summed E-state index contributed by atoms with van der Waals surface area (Å²) in [6, 6.07) is 6.32. The van der Waals surface area contributed by atoms with Gasteiger partial charge in [-0.05, 0) is 24.1 Å². The average Bonchev–Trinajstić information content (AvgIpc) is 2.42. The van der Waals surface area contributed by atoms with Gasteiger partial charge in [-0.15, -0.1) is 0 Å². The van der Waals surface area contributed by atoms with Crippen LogP contribution in [0.15, 0.2) is 24.3 Å². The Bertz CT molecular complexity index is 623. The van der Waals surface area contributed by atoms with Crippen molar-refractivity contribution in [1.82, 2.24) is 5.32 Å². The maximum atomic E-state index is 11.7. The van der Waals surface area contributed by atoms with Crippen molar-refractivity contribution in [2.75, 3.05) is 19.9 Å². The summed E-state index contributed by atoms with van der Waals surface area (Å²) in [6.07, 6.45) is 1.31. The lowest BCUT2D eigenvalue weighted by Gasteiger charge is -2.15. The fourth-order valence-electron chi connectivity index (χ4n) is 1.81. The number of amides is 1. The van der Waals surface area contributed by atoms with Crippen molar-refractivity contribution in [3.05, 3.63) is 29.8 Å². The summed E-state index contributed by atoms with van der Waals surface area (Å²) >= 11 is 0. The minimum Gasteiger partial charge on any atom is -0.469 e. The fourth-order valence-corrected chi connectivity index (χ4v) is 2.27. The Labute approximate surface area is 129 Å². The number of ether oxygens (including phenoxy) is 1. The Balaban J connectivity index is 2.76. The summed E-state index contributed by atoms with van der Waals surface area (Å²) in [6.45, 7) is 1.54. The van der Waals surface area contributed by atoms with Gasteiger partial charge in [-0.3, -0.25) is 9.59 Å². The van der Waals surface area contributed by atoms with Gasteiger partial charge in [0.05, 0.1) is 19.3 Å². The predicted molar refractivity (Wildman–Crippen MR) is 79.8 cm³/mol. The average molecular weight is 329 g/mol. The SMILES string of the molecule is COC(=O)C(CNC(C)=O)Cc1ccc(OS(C)(=O)=O)cc1. The molecule has 1 N–H and O–H groups in total. The number of rotatable bonds is 7. The molecule has 0 spiro atoms. The molecule has 0 saturated carbocycles. The lowest BCUT2D eigenvalue weighted by molar-refractivity contribution is -0.145. The van der Waals surface area contributed by atoms with Crippen LogP contribution in [0.5, 0.6) is 5.75 Å². The molecule has 0 radical (unpaired) electrons. The quantitative estimate of drug-likeness (QED) is 0.577. The van der Waals surface area contributed by atoms with Crippen LogP contribution in [0.3, 0.4) is 0 Å². The van der Waals surface area contributed by atoms with Crippen molar-refractivity contribution in [2.24, 2.45) is 5.92 Å². The van der Waals surface area contributed by atoms with E-state index < -0.39 is 22.0 Å². The molecule has 1 aromatic carbocycles. The molecule has 0 fully saturated rings. The highest BCUT2D eigenvalue weighted by Crippen LogP contribution is 2.17. The van der Waals surface area contributed by atoms with Crippen LogP contribution in [0.2, 0.25) is 0 Å². The first-order valence-corrected chi connectivity index (χ1v) is 8.33. The number of methoxy groups -OCH3 is 1. The Kier molecular flexibility index (Phi) is 6.36. The third kappa shape index (κ3) is 6.57. The Morgan fingerprint density at radius 1 is 1.23 bits per heavy atom. The first-order valence-electron chi connectivity index (χ1n) is 6.52. The van der Waals surface area contributed by atoms with Crippen LogP contribution in [0, 0.1) is 5.92 Å². The van der Waals surface area contributed by atoms with Crippen LogP contribution >= 0.6 is 0 Å². The molecule has 1 rings (SSSR count). The molecule has 0 aromatic heterocycles. The molecule has 0 saturated heterocycles. The topological polar surface area (TPSA) is 98.8 Å². The van der Waals surface area contributed by atoms with E-state index >= 15 is 0 Å². The second kappa shape index (κ2) is 7.79. The van der Waals surface area contributed by atoms with E-state index in [0.29, 0.717) is 6.42 Å². The van der Waals surface area contributed by atoms with Crippen molar-refractivity contribution >= 4 is 22.0 Å². The van der Waals surface area contributed by atoms with E-state index in [1.807, 2.05) is 0 Å². The molecule has 0 heterocycles. The summed E-state index contributed by atoms with van der Waals surface area (Å²) in [7, 11) is -2.29. The van der Waals surface area contributed by atoms with Gasteiger partial charge < -0.3 is 14.2 Å². The van der Waals surface area contributed by atoms with Crippen molar-refractivity contribution in [2.45, 2.75) is 13.3 Å². The van der Waals surface area contributed by atoms with Crippen molar-refractivity contribution < 1.29 is 26.9 Å². The molecule has 8 heteroatoms. The van der Waals surface area contributed by atoms with Gasteiger partial charge in [-0.2, -0.15) is 8.42 Å². The van der Waals surface area contributed by atoms with Crippen LogP contribution in [0.4, 0.5) is 0 Å². The van der Waals surface area contributed by atoms with E-state index in [-0.39, 0.29) is 18.2 Å². The van der Waals surface area contributed by atoms with Gasteiger partial charge in [0.15, 0.2) is 0 Å². The number of carbonyl (C=O) groups is 2. The van der Waals surface area contributed by atoms with E-state index in [1.165, 1.54) is 26.2 Å². The maximum absolute atomic E-state index is 11.7. The lowest BCUT2D eigenvalue weighted by atomic mass is 9.99. The summed E-state index contributed by atoms with van der Waals surface area (Å²) in [5.41, 5.74) is 0.793. The highest BCUT2D eigenvalue weighted by molar-refractivity contribution is 7.86. The van der Waals surface area contributed by atoms with Crippen LogP contribution in [-0.4, -0.2) is 40.2 Å². The Hall–Kier alpha value is -2.09. The van der Waals surface area contributed by atoms with Crippen molar-refractivity contribution in [1.29, 1.82) is 0 Å². The summed E-state index contributed by atoms with van der Waals surface area (Å²) in [4.78, 5) is 22.7. The number of hydrogen-bond donors (Lipinski definition) is 1. The summed E-state index contributed by atoms with van der Waals surface area (Å²) in [5, 5.41) is 2.58. The fraction of sp³-hybridized carbons (Fsp3) is 0.429. The van der Waals surface area contributed by atoms with Gasteiger partial charge in [0.1, 0.15) is 5.75 Å². The predicted octanol–water partition coefficient (Wildman–Crippen LogP) is 0.493. The normalized spacial score (nSPS) is 12.3. The third-order valence-electron chi connectivity index (χ3n) is 2.78. The molecule has 1 atom stereocenters. The molecule has 7 nitrogen and oxygen atoms in total. The molecule has 0 aliphatic carbocycles. The third-order valence-corrected chi connectivity index (χ3v) is 3.28. The lowest BCUT2D eigenvalue weighted by Crippen LogP contribution is -2.33. The minimum atomic E-state index is -3.57. The first-order chi connectivity index (χ1) is 10.2. The highest BCUT2D eigenvalue weighted by Gasteiger charge is 2.20. The molecule has 1 unspecified atom stereocenters. The van der Waals surface area contributed by atoms with Gasteiger partial charge >= 0.3 is 16.1 Å². The molecule has 0 aliphatic rings. The maximum Gasteiger partial charge on any atom is 0.310 e. The monoisotopic (exact) mass is 329 g/mol. The first kappa shape index (κ1) is 18.0. The van der Waals surface area contributed by atoms with Gasteiger partial charge in [0.25, 0.3) is 0 Å². The minimum absolute atomic E-state index is 0.170. The van der Waals surface area contributed by atoms with Crippen LogP contribution in [0.25, 0.3) is 0 Å². The highest BCUT2D eigenvalue weighted by atomic mass is 32.2. The zero-order chi connectivity index (χ0) is 16.8. The molecule has 122 valence electrons. The molecule has 1 aromatic rings. The zero-order valence-corrected chi connectivity index (χ0v) is 13.5. The number of esters is 1. The Morgan fingerprint density at radius 2 is 1.82 bits per heavy atom. The second-order valence-corrected chi connectivity index (χ2v) is 6.37. The van der Waals surface area contributed by atoms with Gasteiger partial charge in [0, 0.05) is 13.5 Å². The van der Waals surface area contributed by atoms with Crippen LogP contribution in [0.1, 0.15) is 12.5 Å². The Morgan fingerprint density at radius 3 is 2.27 bits per heavy atom. The second-order valence-electron chi connectivity index (χ2n) is 4.79. The van der Waals surface area contributed by atoms with Gasteiger partial charge in [-0.1, -0.05) is 12.1 Å². The molecular formula is C14H19NO6S. The number of hydrogen-bond acceptors (Lipinski definition) is 6. The smallest absolute Gasteiger partial charge is 0.310 e. The zero-order valence-electron chi connectivity index (χ0n) is 12.7. The largest absolute Gasteiger partial charge is 0.469 e. The molecular weight excluding hydrogens is 310 g/mol. The molecule has 0 aliphatic heterocycles. The van der Waals surface area contributed by atoms with Gasteiger partial charge in [0.2, 0.25) is 5.91 Å². The molecule has 1 amide bonds. The number of benzene rings is 1. The number of carbonyl (C=O) groups excluding carboxylic acids is 2. The van der Waals surface area contributed by atoms with E-state index in [2.05, 4.69) is 5.32 Å². The van der Waals surface area contributed by atoms with Crippen LogP contribution in [-0.2, 0) is 30.9 Å². The summed E-state index contributed by atoms with van der Waals surface area (Å²) in [5.74, 6) is -0.977. The van der Waals surface area contributed by atoms with Gasteiger partial charge in [-0.25, -0.2) is 0 Å². The van der Waals surface area contributed by atoms with Crippen molar-refractivity contribution in [3.63, 3.8) is 0 Å². The van der Waals surface area contributed by atoms with E-state index in [0.717, 1.165) is 11.8 Å². The molecule has 0 bridgehead atoms. The molecule has 22 heavy (non-hydrogen) atoms. The summed E-state index contributed by atoms with van der Waals surface area (Å²) < 4.78 is 31.5. The van der Waals surface area contributed by atoms with Crippen molar-refractivity contribution in [3.8, 4) is 5.75 Å². The number of nitrogens with one attached hydrogen (secondary N) is 1. The van der Waals surface area contributed by atoms with E-state index in [1.54, 1.807) is 12.1 Å². The van der Waals surface area contributed by atoms with E-state index in [9.17, 15) is 18.0 Å².